The lowest BCUT2D eigenvalue weighted by molar-refractivity contribution is -0.129. The highest BCUT2D eigenvalue weighted by Crippen LogP contribution is 2.40. The maximum atomic E-state index is 12.3. The normalized spacial score (nSPS) is 15.3. The Labute approximate surface area is 158 Å². The van der Waals surface area contributed by atoms with Crippen molar-refractivity contribution in [2.24, 2.45) is 0 Å². The average Bonchev–Trinajstić information content (AvgIpc) is 2.59. The van der Waals surface area contributed by atoms with E-state index in [9.17, 15) is 9.59 Å². The molecule has 1 fully saturated rings. The number of amides is 1. The van der Waals surface area contributed by atoms with Gasteiger partial charge in [0.25, 0.3) is 0 Å². The van der Waals surface area contributed by atoms with Crippen LogP contribution in [0.1, 0.15) is 43.6 Å². The van der Waals surface area contributed by atoms with E-state index in [1.54, 1.807) is 14.0 Å². The fourth-order valence-electron chi connectivity index (χ4n) is 3.12. The summed E-state index contributed by atoms with van der Waals surface area (Å²) in [5, 5.41) is 0.292. The van der Waals surface area contributed by atoms with Crippen LogP contribution in [0.4, 0.5) is 5.69 Å². The predicted molar refractivity (Wildman–Crippen MR) is 104 cm³/mol. The number of ketones is 1. The summed E-state index contributed by atoms with van der Waals surface area (Å²) in [6.45, 7) is 10.8. The van der Waals surface area contributed by atoms with Crippen molar-refractivity contribution in [3.8, 4) is 5.75 Å². The van der Waals surface area contributed by atoms with Gasteiger partial charge in [0.2, 0.25) is 5.91 Å². The van der Waals surface area contributed by atoms with Gasteiger partial charge in [-0.05, 0) is 17.5 Å². The lowest BCUT2D eigenvalue weighted by atomic mass is 9.84. The summed E-state index contributed by atoms with van der Waals surface area (Å²) < 4.78 is 5.75. The number of carbonyl (C=O) groups is 2. The monoisotopic (exact) mass is 410 g/mol. The molecule has 0 unspecified atom stereocenters. The number of Topliss-reactive ketones (excluding diaryl/α,β-unsaturated/α-hetero) is 1. The molecule has 1 amide bonds. The van der Waals surface area contributed by atoms with Gasteiger partial charge in [0, 0.05) is 44.2 Å². The van der Waals surface area contributed by atoms with Gasteiger partial charge in [0.15, 0.2) is 5.78 Å². The summed E-state index contributed by atoms with van der Waals surface area (Å²) in [5.41, 5.74) is 2.49. The van der Waals surface area contributed by atoms with Gasteiger partial charge in [-0.1, -0.05) is 36.7 Å². The largest absolute Gasteiger partial charge is 0.494 e. The summed E-state index contributed by atoms with van der Waals surface area (Å²) in [6, 6.07) is 3.86. The first-order valence-corrected chi connectivity index (χ1v) is 9.63. The molecule has 0 bridgehead atoms. The summed E-state index contributed by atoms with van der Waals surface area (Å²) >= 11 is 3.27. The third-order valence-electron chi connectivity index (χ3n) is 4.59. The maximum absolute atomic E-state index is 12.3. The number of hydrogen-bond donors (Lipinski definition) is 0. The molecule has 0 spiro atoms. The van der Waals surface area contributed by atoms with Crippen molar-refractivity contribution in [1.29, 1.82) is 0 Å². The Hall–Kier alpha value is -1.56. The van der Waals surface area contributed by atoms with Crippen LogP contribution in [0.5, 0.6) is 5.75 Å². The average molecular weight is 411 g/mol. The molecule has 5 nitrogen and oxygen atoms in total. The van der Waals surface area contributed by atoms with E-state index in [4.69, 9.17) is 4.74 Å². The van der Waals surface area contributed by atoms with Crippen LogP contribution in [0.3, 0.4) is 0 Å². The number of carbonyl (C=O) groups excluding carboxylic acids is 2. The van der Waals surface area contributed by atoms with Crippen LogP contribution in [0.15, 0.2) is 12.1 Å². The van der Waals surface area contributed by atoms with Gasteiger partial charge in [-0.25, -0.2) is 0 Å². The van der Waals surface area contributed by atoms with Crippen LogP contribution in [-0.2, 0) is 10.2 Å². The van der Waals surface area contributed by atoms with E-state index in [1.165, 1.54) is 0 Å². The Bertz CT molecular complexity index is 659. The number of piperazine rings is 1. The number of halogens is 1. The van der Waals surface area contributed by atoms with Gasteiger partial charge in [0.1, 0.15) is 5.75 Å². The lowest BCUT2D eigenvalue weighted by Crippen LogP contribution is -2.48. The molecule has 6 heteroatoms. The number of anilines is 1. The minimum atomic E-state index is -0.149. The molecule has 1 aromatic carbocycles. The maximum Gasteiger partial charge on any atom is 0.219 e. The quantitative estimate of drug-likeness (QED) is 0.564. The molecule has 0 N–H and O–H groups in total. The molecule has 138 valence electrons. The van der Waals surface area contributed by atoms with Crippen molar-refractivity contribution < 1.29 is 14.3 Å². The van der Waals surface area contributed by atoms with Crippen molar-refractivity contribution in [3.05, 3.63) is 23.3 Å². The van der Waals surface area contributed by atoms with Gasteiger partial charge >= 0.3 is 0 Å². The van der Waals surface area contributed by atoms with Gasteiger partial charge in [0.05, 0.1) is 18.1 Å². The molecule has 1 aliphatic heterocycles. The minimum absolute atomic E-state index is 0.0526. The second kappa shape index (κ2) is 7.77. The van der Waals surface area contributed by atoms with E-state index in [-0.39, 0.29) is 17.1 Å². The Morgan fingerprint density at radius 3 is 2.20 bits per heavy atom. The second-order valence-electron chi connectivity index (χ2n) is 7.38. The zero-order valence-corrected chi connectivity index (χ0v) is 17.3. The number of nitrogens with zero attached hydrogens (tertiary/aromatic N) is 2. The fourth-order valence-corrected chi connectivity index (χ4v) is 3.44. The van der Waals surface area contributed by atoms with E-state index < -0.39 is 0 Å². The van der Waals surface area contributed by atoms with Gasteiger partial charge in [-0.2, -0.15) is 0 Å². The summed E-state index contributed by atoms with van der Waals surface area (Å²) in [6.07, 6.45) is 0. The highest BCUT2D eigenvalue weighted by molar-refractivity contribution is 9.09. The molecule has 0 aliphatic carbocycles. The first-order valence-electron chi connectivity index (χ1n) is 8.51. The molecule has 25 heavy (non-hydrogen) atoms. The molecule has 1 saturated heterocycles. The smallest absolute Gasteiger partial charge is 0.219 e. The number of rotatable bonds is 4. The Kier molecular flexibility index (Phi) is 6.14. The number of alkyl halides is 1. The first-order chi connectivity index (χ1) is 11.7. The van der Waals surface area contributed by atoms with E-state index in [0.717, 1.165) is 30.1 Å². The van der Waals surface area contributed by atoms with Crippen molar-refractivity contribution >= 4 is 33.3 Å². The predicted octanol–water partition coefficient (Wildman–Crippen LogP) is 3.24. The molecule has 0 saturated carbocycles. The van der Waals surface area contributed by atoms with Crippen LogP contribution in [0.25, 0.3) is 0 Å². The third-order valence-corrected chi connectivity index (χ3v) is 5.10. The number of ether oxygens (including phenoxy) is 1. The second-order valence-corrected chi connectivity index (χ2v) is 7.94. The van der Waals surface area contributed by atoms with E-state index in [2.05, 4.69) is 41.6 Å². The summed E-state index contributed by atoms with van der Waals surface area (Å²) in [5.74, 6) is 0.969. The summed E-state index contributed by atoms with van der Waals surface area (Å²) in [7, 11) is 1.67. The number of hydrogen-bond acceptors (Lipinski definition) is 4. The van der Waals surface area contributed by atoms with Gasteiger partial charge in [-0.15, -0.1) is 0 Å². The van der Waals surface area contributed by atoms with Crippen LogP contribution in [0.2, 0.25) is 0 Å². The van der Waals surface area contributed by atoms with Gasteiger partial charge < -0.3 is 14.5 Å². The molecule has 1 aliphatic rings. The lowest BCUT2D eigenvalue weighted by Gasteiger charge is -2.37. The van der Waals surface area contributed by atoms with Crippen LogP contribution in [-0.4, -0.2) is 55.2 Å². The Morgan fingerprint density at radius 2 is 1.76 bits per heavy atom. The molecule has 0 aromatic heterocycles. The molecule has 0 atom stereocenters. The molecular formula is C19H27BrN2O3. The first kappa shape index (κ1) is 19.8. The Balaban J connectivity index is 2.48. The SMILES string of the molecule is COc1c(N2CCN(C(C)=O)CC2)cc(C(=O)CBr)cc1C(C)(C)C. The molecule has 1 aromatic rings. The highest BCUT2D eigenvalue weighted by Gasteiger charge is 2.28. The van der Waals surface area contributed by atoms with Crippen LogP contribution in [0, 0.1) is 0 Å². The van der Waals surface area contributed by atoms with Crippen molar-refractivity contribution in [3.63, 3.8) is 0 Å². The van der Waals surface area contributed by atoms with E-state index in [0.29, 0.717) is 24.0 Å². The Morgan fingerprint density at radius 1 is 1.16 bits per heavy atom. The molecule has 2 rings (SSSR count). The zero-order valence-electron chi connectivity index (χ0n) is 15.7. The molecule has 1 heterocycles. The van der Waals surface area contributed by atoms with E-state index in [1.807, 2.05) is 17.0 Å². The highest BCUT2D eigenvalue weighted by atomic mass is 79.9. The third kappa shape index (κ3) is 4.35. The standard InChI is InChI=1S/C19H27BrN2O3/c1-13(23)21-6-8-22(9-7-21)16-11-14(17(24)12-20)10-15(18(16)25-5)19(2,3)4/h10-11H,6-9,12H2,1-5H3. The van der Waals surface area contributed by atoms with Crippen molar-refractivity contribution in [2.45, 2.75) is 33.1 Å². The van der Waals surface area contributed by atoms with E-state index >= 15 is 0 Å². The van der Waals surface area contributed by atoms with Gasteiger partial charge in [-0.3, -0.25) is 9.59 Å². The number of benzene rings is 1. The van der Waals surface area contributed by atoms with Crippen molar-refractivity contribution in [1.82, 2.24) is 4.90 Å². The fraction of sp³-hybridized carbons (Fsp3) is 0.579. The van der Waals surface area contributed by atoms with Crippen molar-refractivity contribution in [2.75, 3.05) is 43.5 Å². The molecule has 0 radical (unpaired) electrons. The van der Waals surface area contributed by atoms with Crippen LogP contribution < -0.4 is 9.64 Å². The summed E-state index contributed by atoms with van der Waals surface area (Å²) in [4.78, 5) is 27.9. The topological polar surface area (TPSA) is 49.9 Å². The zero-order chi connectivity index (χ0) is 18.8. The van der Waals surface area contributed by atoms with Crippen LogP contribution >= 0.6 is 15.9 Å². The number of methoxy groups -OCH3 is 1. The molecular weight excluding hydrogens is 384 g/mol. The minimum Gasteiger partial charge on any atom is -0.494 e.